The molecule has 1 fully saturated rings. The molecule has 0 spiro atoms. The lowest BCUT2D eigenvalue weighted by Gasteiger charge is -2.17. The molecule has 1 heterocycles. The van der Waals surface area contributed by atoms with Crippen molar-refractivity contribution in [3.05, 3.63) is 0 Å². The average molecular weight is 258 g/mol. The smallest absolute Gasteiger partial charge is 0.407 e. The Morgan fingerprint density at radius 2 is 2.24 bits per heavy atom. The van der Waals surface area contributed by atoms with Crippen LogP contribution in [0.5, 0.6) is 0 Å². The van der Waals surface area contributed by atoms with Crippen LogP contribution < -0.4 is 5.32 Å². The van der Waals surface area contributed by atoms with E-state index in [-0.39, 0.29) is 12.1 Å². The standard InChI is InChI=1S/C11H22N2O3Si/c1-17(2,3)7-6-16-11(15)12-10-4-5-13(8-10)9-14/h9-10H,4-8H2,1-3H3,(H,12,15). The molecule has 2 amide bonds. The predicted molar refractivity (Wildman–Crippen MR) is 68.7 cm³/mol. The quantitative estimate of drug-likeness (QED) is 0.597. The van der Waals surface area contributed by atoms with Crippen LogP contribution in [0.3, 0.4) is 0 Å². The fourth-order valence-electron chi connectivity index (χ4n) is 1.66. The highest BCUT2D eigenvalue weighted by molar-refractivity contribution is 6.76. The van der Waals surface area contributed by atoms with Crippen molar-refractivity contribution < 1.29 is 14.3 Å². The summed E-state index contributed by atoms with van der Waals surface area (Å²) in [5.74, 6) is 0. The Balaban J connectivity index is 2.15. The Kier molecular flexibility index (Phi) is 4.98. The van der Waals surface area contributed by atoms with Gasteiger partial charge in [0.2, 0.25) is 6.41 Å². The zero-order valence-electron chi connectivity index (χ0n) is 10.9. The number of likely N-dealkylation sites (tertiary alicyclic amines) is 1. The molecule has 1 saturated heterocycles. The second-order valence-corrected chi connectivity index (χ2v) is 11.3. The highest BCUT2D eigenvalue weighted by atomic mass is 28.3. The number of nitrogens with zero attached hydrogens (tertiary/aromatic N) is 1. The van der Waals surface area contributed by atoms with Crippen LogP contribution in [0.4, 0.5) is 4.79 Å². The van der Waals surface area contributed by atoms with E-state index in [1.54, 1.807) is 4.90 Å². The molecule has 0 aromatic carbocycles. The second kappa shape index (κ2) is 6.04. The largest absolute Gasteiger partial charge is 0.450 e. The third-order valence-corrected chi connectivity index (χ3v) is 4.48. The van der Waals surface area contributed by atoms with Crippen LogP contribution in [0.2, 0.25) is 25.7 Å². The first-order chi connectivity index (χ1) is 7.90. The molecule has 6 heteroatoms. The first kappa shape index (κ1) is 14.0. The summed E-state index contributed by atoms with van der Waals surface area (Å²) in [5.41, 5.74) is 0. The summed E-state index contributed by atoms with van der Waals surface area (Å²) in [6, 6.07) is 1.02. The van der Waals surface area contributed by atoms with Crippen molar-refractivity contribution in [2.24, 2.45) is 0 Å². The molecule has 1 unspecified atom stereocenters. The van der Waals surface area contributed by atoms with E-state index in [1.165, 1.54) is 0 Å². The Bertz CT molecular complexity index is 278. The maximum atomic E-state index is 11.5. The molecule has 1 N–H and O–H groups in total. The Morgan fingerprint density at radius 3 is 2.76 bits per heavy atom. The van der Waals surface area contributed by atoms with Crippen molar-refractivity contribution in [2.45, 2.75) is 38.1 Å². The van der Waals surface area contributed by atoms with E-state index in [9.17, 15) is 9.59 Å². The highest BCUT2D eigenvalue weighted by Gasteiger charge is 2.23. The van der Waals surface area contributed by atoms with Crippen LogP contribution in [-0.2, 0) is 9.53 Å². The summed E-state index contributed by atoms with van der Waals surface area (Å²) in [5, 5.41) is 2.78. The van der Waals surface area contributed by atoms with Crippen molar-refractivity contribution in [3.8, 4) is 0 Å². The molecule has 1 aliphatic heterocycles. The number of nitrogens with one attached hydrogen (secondary N) is 1. The number of amides is 2. The van der Waals surface area contributed by atoms with Gasteiger partial charge in [-0.25, -0.2) is 4.79 Å². The summed E-state index contributed by atoms with van der Waals surface area (Å²) in [6.07, 6.45) is 1.26. The fraction of sp³-hybridized carbons (Fsp3) is 0.818. The first-order valence-corrected chi connectivity index (χ1v) is 9.74. The van der Waals surface area contributed by atoms with E-state index < -0.39 is 8.07 Å². The zero-order chi connectivity index (χ0) is 12.9. The van der Waals surface area contributed by atoms with Crippen molar-refractivity contribution in [3.63, 3.8) is 0 Å². The topological polar surface area (TPSA) is 58.6 Å². The van der Waals surface area contributed by atoms with Crippen molar-refractivity contribution in [2.75, 3.05) is 19.7 Å². The third kappa shape index (κ3) is 5.72. The van der Waals surface area contributed by atoms with E-state index in [0.717, 1.165) is 18.9 Å². The fourth-order valence-corrected chi connectivity index (χ4v) is 2.37. The van der Waals surface area contributed by atoms with Crippen molar-refractivity contribution in [1.29, 1.82) is 0 Å². The van der Waals surface area contributed by atoms with Gasteiger partial charge in [0, 0.05) is 21.2 Å². The molecule has 98 valence electrons. The molecular weight excluding hydrogens is 236 g/mol. The van der Waals surface area contributed by atoms with Gasteiger partial charge in [-0.2, -0.15) is 0 Å². The molecule has 0 aromatic heterocycles. The molecule has 0 saturated carbocycles. The van der Waals surface area contributed by atoms with Crippen molar-refractivity contribution >= 4 is 20.6 Å². The van der Waals surface area contributed by atoms with Gasteiger partial charge in [-0.1, -0.05) is 19.6 Å². The number of rotatable bonds is 5. The van der Waals surface area contributed by atoms with Gasteiger partial charge in [-0.05, 0) is 12.5 Å². The Hall–Kier alpha value is -1.04. The lowest BCUT2D eigenvalue weighted by atomic mass is 10.3. The molecule has 0 aliphatic carbocycles. The molecule has 0 aromatic rings. The van der Waals surface area contributed by atoms with Gasteiger partial charge >= 0.3 is 6.09 Å². The number of carbonyl (C=O) groups excluding carboxylic acids is 2. The molecular formula is C11H22N2O3Si. The van der Waals surface area contributed by atoms with Gasteiger partial charge < -0.3 is 15.0 Å². The van der Waals surface area contributed by atoms with E-state index in [4.69, 9.17) is 4.74 Å². The van der Waals surface area contributed by atoms with Gasteiger partial charge in [0.05, 0.1) is 12.6 Å². The van der Waals surface area contributed by atoms with Gasteiger partial charge in [-0.3, -0.25) is 4.79 Å². The van der Waals surface area contributed by atoms with Gasteiger partial charge in [0.25, 0.3) is 0 Å². The average Bonchev–Trinajstić information content (AvgIpc) is 2.63. The maximum Gasteiger partial charge on any atom is 0.407 e. The van der Waals surface area contributed by atoms with E-state index >= 15 is 0 Å². The van der Waals surface area contributed by atoms with Crippen molar-refractivity contribution in [1.82, 2.24) is 10.2 Å². The first-order valence-electron chi connectivity index (χ1n) is 6.03. The van der Waals surface area contributed by atoms with Crippen LogP contribution in [-0.4, -0.2) is 51.2 Å². The lowest BCUT2D eigenvalue weighted by Crippen LogP contribution is -2.37. The summed E-state index contributed by atoms with van der Waals surface area (Å²) in [4.78, 5) is 23.6. The summed E-state index contributed by atoms with van der Waals surface area (Å²) < 4.78 is 5.13. The second-order valence-electron chi connectivity index (χ2n) is 5.68. The van der Waals surface area contributed by atoms with Gasteiger partial charge in [0.1, 0.15) is 0 Å². The minimum Gasteiger partial charge on any atom is -0.450 e. The zero-order valence-corrected chi connectivity index (χ0v) is 11.9. The molecule has 1 rings (SSSR count). The minimum absolute atomic E-state index is 0.0413. The molecule has 1 atom stereocenters. The van der Waals surface area contributed by atoms with E-state index in [2.05, 4.69) is 25.0 Å². The van der Waals surface area contributed by atoms with Crippen LogP contribution in [0, 0.1) is 0 Å². The minimum atomic E-state index is -1.14. The van der Waals surface area contributed by atoms with E-state index in [1.807, 2.05) is 0 Å². The lowest BCUT2D eigenvalue weighted by molar-refractivity contribution is -0.117. The third-order valence-electron chi connectivity index (χ3n) is 2.78. The normalized spacial score (nSPS) is 20.2. The monoisotopic (exact) mass is 258 g/mol. The summed E-state index contributed by atoms with van der Waals surface area (Å²) >= 11 is 0. The van der Waals surface area contributed by atoms with Crippen LogP contribution in [0.25, 0.3) is 0 Å². The predicted octanol–water partition coefficient (Wildman–Crippen LogP) is 1.28. The van der Waals surface area contributed by atoms with Gasteiger partial charge in [0.15, 0.2) is 0 Å². The van der Waals surface area contributed by atoms with Crippen LogP contribution in [0.1, 0.15) is 6.42 Å². The molecule has 5 nitrogen and oxygen atoms in total. The number of alkyl carbamates (subject to hydrolysis) is 1. The highest BCUT2D eigenvalue weighted by Crippen LogP contribution is 2.09. The number of carbonyl (C=O) groups is 2. The van der Waals surface area contributed by atoms with E-state index in [0.29, 0.717) is 19.7 Å². The van der Waals surface area contributed by atoms with Gasteiger partial charge in [-0.15, -0.1) is 0 Å². The number of hydrogen-bond donors (Lipinski definition) is 1. The SMILES string of the molecule is C[Si](C)(C)CCOC(=O)NC1CCN(C=O)C1. The summed E-state index contributed by atoms with van der Waals surface area (Å²) in [6.45, 7) is 8.52. The molecule has 17 heavy (non-hydrogen) atoms. The maximum absolute atomic E-state index is 11.5. The van der Waals surface area contributed by atoms with Crippen LogP contribution in [0.15, 0.2) is 0 Å². The Labute approximate surface area is 104 Å². The molecule has 0 bridgehead atoms. The van der Waals surface area contributed by atoms with Crippen LogP contribution >= 0.6 is 0 Å². The number of ether oxygens (including phenoxy) is 1. The number of hydrogen-bond acceptors (Lipinski definition) is 3. The Morgan fingerprint density at radius 1 is 1.53 bits per heavy atom. The molecule has 1 aliphatic rings. The summed E-state index contributed by atoms with van der Waals surface area (Å²) in [7, 11) is -1.14. The molecule has 0 radical (unpaired) electrons.